The number of aryl methyl sites for hydroxylation is 1. The van der Waals surface area contributed by atoms with Crippen molar-refractivity contribution in [2.75, 3.05) is 28.4 Å². The first kappa shape index (κ1) is 20.4. The number of hydrogen-bond acceptors (Lipinski definition) is 5. The SMILES string of the molecule is COc1cc(OC)c(-c2ccc(OC)c3c(OC)cc(C)cc23)c2c1CN[C@@H](C)C2. The first-order valence-electron chi connectivity index (χ1n) is 10.2. The lowest BCUT2D eigenvalue weighted by atomic mass is 9.85. The Balaban J connectivity index is 2.12. The van der Waals surface area contributed by atoms with E-state index in [1.807, 2.05) is 18.2 Å². The predicted molar refractivity (Wildman–Crippen MR) is 120 cm³/mol. The molecule has 3 aromatic rings. The van der Waals surface area contributed by atoms with Crippen LogP contribution >= 0.6 is 0 Å². The van der Waals surface area contributed by atoms with Gasteiger partial charge in [0.05, 0.1) is 33.8 Å². The lowest BCUT2D eigenvalue weighted by Gasteiger charge is -2.29. The summed E-state index contributed by atoms with van der Waals surface area (Å²) in [5.41, 5.74) is 5.81. The topological polar surface area (TPSA) is 49.0 Å². The summed E-state index contributed by atoms with van der Waals surface area (Å²) < 4.78 is 23.0. The minimum Gasteiger partial charge on any atom is -0.496 e. The van der Waals surface area contributed by atoms with Crippen LogP contribution in [0.2, 0.25) is 0 Å². The van der Waals surface area contributed by atoms with E-state index in [0.717, 1.165) is 63.4 Å². The molecule has 158 valence electrons. The Morgan fingerprint density at radius 1 is 0.800 bits per heavy atom. The molecule has 0 aromatic heterocycles. The number of ether oxygens (including phenoxy) is 4. The zero-order valence-corrected chi connectivity index (χ0v) is 18.5. The normalized spacial score (nSPS) is 15.6. The number of methoxy groups -OCH3 is 4. The van der Waals surface area contributed by atoms with E-state index in [1.54, 1.807) is 28.4 Å². The second-order valence-corrected chi connectivity index (χ2v) is 7.80. The fourth-order valence-corrected chi connectivity index (χ4v) is 4.54. The summed E-state index contributed by atoms with van der Waals surface area (Å²) >= 11 is 0. The first-order chi connectivity index (χ1) is 14.5. The second-order valence-electron chi connectivity index (χ2n) is 7.80. The van der Waals surface area contributed by atoms with Crippen LogP contribution in [0.5, 0.6) is 23.0 Å². The summed E-state index contributed by atoms with van der Waals surface area (Å²) in [6.45, 7) is 5.06. The third-order valence-corrected chi connectivity index (χ3v) is 5.94. The lowest BCUT2D eigenvalue weighted by Crippen LogP contribution is -2.33. The van der Waals surface area contributed by atoms with E-state index in [2.05, 4.69) is 31.3 Å². The largest absolute Gasteiger partial charge is 0.496 e. The monoisotopic (exact) mass is 407 g/mol. The number of rotatable bonds is 5. The Morgan fingerprint density at radius 2 is 1.50 bits per heavy atom. The fraction of sp³-hybridized carbons (Fsp3) is 0.360. The number of fused-ring (bicyclic) bond motifs is 2. The zero-order chi connectivity index (χ0) is 21.4. The van der Waals surface area contributed by atoms with Crippen molar-refractivity contribution in [3.63, 3.8) is 0 Å². The quantitative estimate of drug-likeness (QED) is 0.653. The van der Waals surface area contributed by atoms with Gasteiger partial charge in [0.25, 0.3) is 0 Å². The Bertz CT molecular complexity index is 1110. The van der Waals surface area contributed by atoms with E-state index >= 15 is 0 Å². The molecule has 0 unspecified atom stereocenters. The van der Waals surface area contributed by atoms with E-state index in [0.29, 0.717) is 6.04 Å². The molecule has 0 saturated heterocycles. The highest BCUT2D eigenvalue weighted by atomic mass is 16.5. The third kappa shape index (κ3) is 3.23. The van der Waals surface area contributed by atoms with Gasteiger partial charge in [-0.1, -0.05) is 6.07 Å². The van der Waals surface area contributed by atoms with Crippen molar-refractivity contribution < 1.29 is 18.9 Å². The highest BCUT2D eigenvalue weighted by Crippen LogP contribution is 2.47. The predicted octanol–water partition coefficient (Wildman–Crippen LogP) is 4.88. The van der Waals surface area contributed by atoms with Crippen molar-refractivity contribution in [2.24, 2.45) is 0 Å². The van der Waals surface area contributed by atoms with Crippen molar-refractivity contribution in [2.45, 2.75) is 32.9 Å². The molecule has 5 nitrogen and oxygen atoms in total. The van der Waals surface area contributed by atoms with Crippen molar-refractivity contribution in [3.8, 4) is 34.1 Å². The summed E-state index contributed by atoms with van der Waals surface area (Å²) in [6.07, 6.45) is 0.898. The van der Waals surface area contributed by atoms with Crippen LogP contribution in [0.25, 0.3) is 21.9 Å². The highest BCUT2D eigenvalue weighted by Gasteiger charge is 2.27. The summed E-state index contributed by atoms with van der Waals surface area (Å²) in [5.74, 6) is 3.27. The molecular formula is C25H29NO4. The van der Waals surface area contributed by atoms with E-state index in [-0.39, 0.29) is 0 Å². The maximum Gasteiger partial charge on any atom is 0.130 e. The lowest BCUT2D eigenvalue weighted by molar-refractivity contribution is 0.383. The van der Waals surface area contributed by atoms with Crippen molar-refractivity contribution >= 4 is 10.8 Å². The van der Waals surface area contributed by atoms with Crippen molar-refractivity contribution in [1.82, 2.24) is 5.32 Å². The van der Waals surface area contributed by atoms with Crippen LogP contribution in [0.3, 0.4) is 0 Å². The van der Waals surface area contributed by atoms with Crippen LogP contribution in [-0.4, -0.2) is 34.5 Å². The van der Waals surface area contributed by atoms with E-state index in [1.165, 1.54) is 11.1 Å². The van der Waals surface area contributed by atoms with Crippen LogP contribution in [-0.2, 0) is 13.0 Å². The number of nitrogens with one attached hydrogen (secondary N) is 1. The smallest absolute Gasteiger partial charge is 0.130 e. The molecule has 0 bridgehead atoms. The van der Waals surface area contributed by atoms with Crippen LogP contribution in [0, 0.1) is 6.92 Å². The van der Waals surface area contributed by atoms with E-state index in [4.69, 9.17) is 18.9 Å². The zero-order valence-electron chi connectivity index (χ0n) is 18.5. The van der Waals surface area contributed by atoms with Crippen LogP contribution in [0.15, 0.2) is 30.3 Å². The summed E-state index contributed by atoms with van der Waals surface area (Å²) in [7, 11) is 6.82. The average Bonchev–Trinajstić information content (AvgIpc) is 2.76. The van der Waals surface area contributed by atoms with Gasteiger partial charge in [-0.25, -0.2) is 0 Å². The third-order valence-electron chi connectivity index (χ3n) is 5.94. The van der Waals surface area contributed by atoms with Gasteiger partial charge in [-0.15, -0.1) is 0 Å². The molecule has 3 aromatic carbocycles. The second kappa shape index (κ2) is 8.07. The average molecular weight is 408 g/mol. The van der Waals surface area contributed by atoms with Crippen LogP contribution in [0.1, 0.15) is 23.6 Å². The molecule has 0 saturated carbocycles. The fourth-order valence-electron chi connectivity index (χ4n) is 4.54. The summed E-state index contributed by atoms with van der Waals surface area (Å²) in [5, 5.41) is 5.61. The van der Waals surface area contributed by atoms with Gasteiger partial charge in [0, 0.05) is 29.8 Å². The Morgan fingerprint density at radius 3 is 2.17 bits per heavy atom. The van der Waals surface area contributed by atoms with E-state index < -0.39 is 0 Å². The van der Waals surface area contributed by atoms with Gasteiger partial charge in [0.1, 0.15) is 23.0 Å². The molecule has 4 rings (SSSR count). The highest BCUT2D eigenvalue weighted by molar-refractivity contribution is 6.05. The molecule has 1 N–H and O–H groups in total. The maximum atomic E-state index is 5.87. The molecule has 0 radical (unpaired) electrons. The number of benzene rings is 3. The maximum absolute atomic E-state index is 5.87. The summed E-state index contributed by atoms with van der Waals surface area (Å²) in [4.78, 5) is 0. The van der Waals surface area contributed by atoms with Crippen LogP contribution in [0.4, 0.5) is 0 Å². The van der Waals surface area contributed by atoms with Crippen molar-refractivity contribution in [3.05, 3.63) is 47.0 Å². The first-order valence-corrected chi connectivity index (χ1v) is 10.2. The molecule has 0 aliphatic carbocycles. The summed E-state index contributed by atoms with van der Waals surface area (Å²) in [6, 6.07) is 10.7. The molecule has 0 amide bonds. The molecule has 30 heavy (non-hydrogen) atoms. The molecule has 5 heteroatoms. The Labute approximate surface area is 177 Å². The van der Waals surface area contributed by atoms with Gasteiger partial charge in [0.15, 0.2) is 0 Å². The minimum atomic E-state index is 0.369. The van der Waals surface area contributed by atoms with Gasteiger partial charge in [-0.3, -0.25) is 0 Å². The van der Waals surface area contributed by atoms with Gasteiger partial charge in [-0.2, -0.15) is 0 Å². The molecule has 0 fully saturated rings. The van der Waals surface area contributed by atoms with Gasteiger partial charge in [0.2, 0.25) is 0 Å². The van der Waals surface area contributed by atoms with Crippen molar-refractivity contribution in [1.29, 1.82) is 0 Å². The van der Waals surface area contributed by atoms with Gasteiger partial charge >= 0.3 is 0 Å². The van der Waals surface area contributed by atoms with E-state index in [9.17, 15) is 0 Å². The molecule has 1 heterocycles. The molecular weight excluding hydrogens is 378 g/mol. The minimum absolute atomic E-state index is 0.369. The molecule has 0 spiro atoms. The van der Waals surface area contributed by atoms with Crippen LogP contribution < -0.4 is 24.3 Å². The molecule has 1 atom stereocenters. The molecule has 1 aliphatic heterocycles. The van der Waals surface area contributed by atoms with Gasteiger partial charge < -0.3 is 24.3 Å². The Hall–Kier alpha value is -2.92. The standard InChI is InChI=1S/C25H29NO4/c1-14-9-17-16(7-8-20(27-3)25(17)22(10-14)29-5)24-18-11-15(2)26-13-19(18)21(28-4)12-23(24)30-6/h7-10,12,15,26H,11,13H2,1-6H3/t15-/m0/s1. The van der Waals surface area contributed by atoms with Gasteiger partial charge in [-0.05, 0) is 60.5 Å². The Kier molecular flexibility index (Phi) is 5.48. The molecule has 1 aliphatic rings. The number of hydrogen-bond donors (Lipinski definition) is 1.